The number of aryl methyl sites for hydroxylation is 1. The molecule has 21 heavy (non-hydrogen) atoms. The topological polar surface area (TPSA) is 77.2 Å². The second-order valence-electron chi connectivity index (χ2n) is 4.85. The van der Waals surface area contributed by atoms with Gasteiger partial charge in [0.15, 0.2) is 11.6 Å². The Labute approximate surface area is 126 Å². The maximum absolute atomic E-state index is 11.2. The standard InChI is InChI=1S/C14H14ClN3O3/c15-10-5-3-4-9(14(19)20)13(10)21-8-12-17-16-11-6-1-2-7-18(11)12/h3-5H,1-2,6-8H2,(H,19,20). The Kier molecular flexibility index (Phi) is 3.79. The summed E-state index contributed by atoms with van der Waals surface area (Å²) in [4.78, 5) is 11.2. The summed E-state index contributed by atoms with van der Waals surface area (Å²) < 4.78 is 7.63. The Balaban J connectivity index is 1.82. The Morgan fingerprint density at radius 3 is 3.05 bits per heavy atom. The van der Waals surface area contributed by atoms with E-state index in [1.54, 1.807) is 12.1 Å². The molecule has 0 spiro atoms. The van der Waals surface area contributed by atoms with E-state index in [0.717, 1.165) is 31.6 Å². The fourth-order valence-electron chi connectivity index (χ4n) is 2.44. The first-order chi connectivity index (χ1) is 10.2. The molecular formula is C14H14ClN3O3. The smallest absolute Gasteiger partial charge is 0.339 e. The second kappa shape index (κ2) is 5.73. The van der Waals surface area contributed by atoms with E-state index in [2.05, 4.69) is 10.2 Å². The lowest BCUT2D eigenvalue weighted by Gasteiger charge is -2.15. The van der Waals surface area contributed by atoms with Crippen LogP contribution >= 0.6 is 11.6 Å². The minimum atomic E-state index is -1.07. The highest BCUT2D eigenvalue weighted by Crippen LogP contribution is 2.29. The van der Waals surface area contributed by atoms with Crippen molar-refractivity contribution in [1.82, 2.24) is 14.8 Å². The summed E-state index contributed by atoms with van der Waals surface area (Å²) in [7, 11) is 0. The van der Waals surface area contributed by atoms with Crippen LogP contribution in [0.25, 0.3) is 0 Å². The third-order valence-corrected chi connectivity index (χ3v) is 3.78. The number of ether oxygens (including phenoxy) is 1. The maximum Gasteiger partial charge on any atom is 0.339 e. The van der Waals surface area contributed by atoms with Crippen molar-refractivity contribution < 1.29 is 14.6 Å². The Hall–Kier alpha value is -2.08. The van der Waals surface area contributed by atoms with E-state index < -0.39 is 5.97 Å². The highest BCUT2D eigenvalue weighted by Gasteiger charge is 2.18. The molecule has 1 aliphatic rings. The molecule has 2 aromatic rings. The van der Waals surface area contributed by atoms with Gasteiger partial charge in [-0.25, -0.2) is 4.79 Å². The fraction of sp³-hybridized carbons (Fsp3) is 0.357. The molecule has 6 nitrogen and oxygen atoms in total. The molecule has 2 heterocycles. The van der Waals surface area contributed by atoms with Crippen molar-refractivity contribution in [2.75, 3.05) is 0 Å². The molecule has 0 fully saturated rings. The predicted octanol–water partition coefficient (Wildman–Crippen LogP) is 2.55. The van der Waals surface area contributed by atoms with E-state index in [1.165, 1.54) is 6.07 Å². The monoisotopic (exact) mass is 307 g/mol. The first kappa shape index (κ1) is 13.9. The molecule has 0 atom stereocenters. The molecule has 0 bridgehead atoms. The number of hydrogen-bond acceptors (Lipinski definition) is 4. The molecule has 0 aliphatic carbocycles. The lowest BCUT2D eigenvalue weighted by molar-refractivity contribution is 0.0691. The van der Waals surface area contributed by atoms with Crippen molar-refractivity contribution in [3.63, 3.8) is 0 Å². The summed E-state index contributed by atoms with van der Waals surface area (Å²) in [5.74, 6) is 0.744. The lowest BCUT2D eigenvalue weighted by atomic mass is 10.2. The van der Waals surface area contributed by atoms with Gasteiger partial charge in [-0.3, -0.25) is 0 Å². The summed E-state index contributed by atoms with van der Waals surface area (Å²) in [6.45, 7) is 1.02. The minimum Gasteiger partial charge on any atom is -0.483 e. The summed E-state index contributed by atoms with van der Waals surface area (Å²) in [6.07, 6.45) is 3.12. The zero-order valence-electron chi connectivity index (χ0n) is 11.3. The molecule has 1 aromatic carbocycles. The van der Waals surface area contributed by atoms with Gasteiger partial charge in [0.05, 0.1) is 5.02 Å². The van der Waals surface area contributed by atoms with Gasteiger partial charge < -0.3 is 14.4 Å². The van der Waals surface area contributed by atoms with Gasteiger partial charge in [-0.15, -0.1) is 10.2 Å². The van der Waals surface area contributed by atoms with Gasteiger partial charge in [-0.1, -0.05) is 17.7 Å². The number of carbonyl (C=O) groups is 1. The zero-order chi connectivity index (χ0) is 14.8. The van der Waals surface area contributed by atoms with E-state index in [0.29, 0.717) is 5.82 Å². The number of nitrogens with zero attached hydrogens (tertiary/aromatic N) is 3. The fourth-order valence-corrected chi connectivity index (χ4v) is 2.67. The van der Waals surface area contributed by atoms with Gasteiger partial charge in [0.2, 0.25) is 0 Å². The van der Waals surface area contributed by atoms with Crippen LogP contribution in [0.5, 0.6) is 5.75 Å². The number of aromatic carboxylic acids is 1. The minimum absolute atomic E-state index is 0.0425. The predicted molar refractivity (Wildman–Crippen MR) is 75.7 cm³/mol. The molecule has 1 aliphatic heterocycles. The number of benzene rings is 1. The maximum atomic E-state index is 11.2. The lowest BCUT2D eigenvalue weighted by Crippen LogP contribution is -2.15. The van der Waals surface area contributed by atoms with E-state index in [1.807, 2.05) is 4.57 Å². The van der Waals surface area contributed by atoms with Crippen LogP contribution in [0.1, 0.15) is 34.8 Å². The van der Waals surface area contributed by atoms with E-state index in [4.69, 9.17) is 21.4 Å². The third-order valence-electron chi connectivity index (χ3n) is 3.48. The molecule has 0 amide bonds. The molecule has 0 unspecified atom stereocenters. The summed E-state index contributed by atoms with van der Waals surface area (Å²) in [5.41, 5.74) is 0.0425. The number of para-hydroxylation sites is 1. The number of hydrogen-bond donors (Lipinski definition) is 1. The quantitative estimate of drug-likeness (QED) is 0.939. The Morgan fingerprint density at radius 2 is 2.24 bits per heavy atom. The highest BCUT2D eigenvalue weighted by molar-refractivity contribution is 6.32. The molecule has 3 rings (SSSR count). The van der Waals surface area contributed by atoms with Crippen molar-refractivity contribution in [3.05, 3.63) is 40.4 Å². The van der Waals surface area contributed by atoms with Crippen LogP contribution in [-0.2, 0) is 19.6 Å². The zero-order valence-corrected chi connectivity index (χ0v) is 12.0. The number of aromatic nitrogens is 3. The Bertz CT molecular complexity index is 684. The second-order valence-corrected chi connectivity index (χ2v) is 5.26. The van der Waals surface area contributed by atoms with Crippen LogP contribution in [-0.4, -0.2) is 25.8 Å². The average Bonchev–Trinajstić information content (AvgIpc) is 2.89. The van der Waals surface area contributed by atoms with Gasteiger partial charge in [-0.05, 0) is 25.0 Å². The van der Waals surface area contributed by atoms with E-state index in [9.17, 15) is 4.79 Å². The first-order valence-corrected chi connectivity index (χ1v) is 7.10. The van der Waals surface area contributed by atoms with E-state index >= 15 is 0 Å². The van der Waals surface area contributed by atoms with Crippen molar-refractivity contribution in [1.29, 1.82) is 0 Å². The average molecular weight is 308 g/mol. The molecule has 1 N–H and O–H groups in total. The van der Waals surface area contributed by atoms with Crippen LogP contribution in [0.3, 0.4) is 0 Å². The third kappa shape index (κ3) is 2.71. The van der Waals surface area contributed by atoms with Gasteiger partial charge in [-0.2, -0.15) is 0 Å². The molecule has 0 radical (unpaired) electrons. The van der Waals surface area contributed by atoms with Crippen molar-refractivity contribution >= 4 is 17.6 Å². The van der Waals surface area contributed by atoms with E-state index in [-0.39, 0.29) is 22.9 Å². The number of fused-ring (bicyclic) bond motifs is 1. The molecule has 7 heteroatoms. The number of carboxylic acids is 1. The SMILES string of the molecule is O=C(O)c1cccc(Cl)c1OCc1nnc2n1CCCC2. The van der Waals surface area contributed by atoms with Crippen LogP contribution in [0, 0.1) is 0 Å². The van der Waals surface area contributed by atoms with Gasteiger partial charge in [0, 0.05) is 13.0 Å². The van der Waals surface area contributed by atoms with Crippen LogP contribution in [0.15, 0.2) is 18.2 Å². The molecule has 1 aromatic heterocycles. The first-order valence-electron chi connectivity index (χ1n) is 6.72. The van der Waals surface area contributed by atoms with Crippen LogP contribution < -0.4 is 4.74 Å². The normalized spacial score (nSPS) is 13.8. The van der Waals surface area contributed by atoms with Gasteiger partial charge in [0.1, 0.15) is 18.0 Å². The molecule has 0 saturated heterocycles. The van der Waals surface area contributed by atoms with Gasteiger partial charge in [0.25, 0.3) is 0 Å². The molecular weight excluding hydrogens is 294 g/mol. The van der Waals surface area contributed by atoms with Crippen molar-refractivity contribution in [3.8, 4) is 5.75 Å². The van der Waals surface area contributed by atoms with Crippen LogP contribution in [0.2, 0.25) is 5.02 Å². The van der Waals surface area contributed by atoms with Crippen molar-refractivity contribution in [2.45, 2.75) is 32.4 Å². The summed E-state index contributed by atoms with van der Waals surface area (Å²) in [5, 5.41) is 17.7. The Morgan fingerprint density at radius 1 is 1.38 bits per heavy atom. The number of carboxylic acid groups (broad SMARTS) is 1. The highest BCUT2D eigenvalue weighted by atomic mass is 35.5. The molecule has 0 saturated carbocycles. The largest absolute Gasteiger partial charge is 0.483 e. The number of rotatable bonds is 4. The van der Waals surface area contributed by atoms with Crippen molar-refractivity contribution in [2.24, 2.45) is 0 Å². The summed E-state index contributed by atoms with van der Waals surface area (Å²) in [6, 6.07) is 4.64. The molecule has 110 valence electrons. The number of halogens is 1. The summed E-state index contributed by atoms with van der Waals surface area (Å²) >= 11 is 6.03. The van der Waals surface area contributed by atoms with Crippen LogP contribution in [0.4, 0.5) is 0 Å². The van der Waals surface area contributed by atoms with Gasteiger partial charge >= 0.3 is 5.97 Å².